The molecule has 0 saturated carbocycles. The molecule has 0 fully saturated rings. The average molecular weight is 286 g/mol. The van der Waals surface area contributed by atoms with Crippen LogP contribution in [0.15, 0.2) is 12.1 Å². The molecule has 0 atom stereocenters. The Morgan fingerprint density at radius 2 is 2.26 bits per heavy atom. The van der Waals surface area contributed by atoms with Crippen LogP contribution in [0.2, 0.25) is 5.02 Å². The maximum Gasteiger partial charge on any atom is 0.320 e. The SMILES string of the molecule is CCOC(=O)CN(C)Cc1cc(Cl)c2c(c1)OCO2. The molecule has 1 aliphatic heterocycles. The number of hydrogen-bond donors (Lipinski definition) is 0. The Kier molecular flexibility index (Phi) is 4.50. The second-order valence-corrected chi connectivity index (χ2v) is 4.70. The predicted molar refractivity (Wildman–Crippen MR) is 70.5 cm³/mol. The summed E-state index contributed by atoms with van der Waals surface area (Å²) in [5.74, 6) is 0.988. The number of ether oxygens (including phenoxy) is 3. The first kappa shape index (κ1) is 14.0. The molecule has 0 amide bonds. The summed E-state index contributed by atoms with van der Waals surface area (Å²) >= 11 is 6.10. The third-order valence-corrected chi connectivity index (χ3v) is 2.92. The van der Waals surface area contributed by atoms with Gasteiger partial charge in [0.05, 0.1) is 18.2 Å². The summed E-state index contributed by atoms with van der Waals surface area (Å²) < 4.78 is 15.4. The van der Waals surface area contributed by atoms with Crippen molar-refractivity contribution < 1.29 is 19.0 Å². The Bertz CT molecular complexity index is 478. The van der Waals surface area contributed by atoms with Gasteiger partial charge in [-0.15, -0.1) is 0 Å². The van der Waals surface area contributed by atoms with Gasteiger partial charge < -0.3 is 14.2 Å². The lowest BCUT2D eigenvalue weighted by molar-refractivity contribution is -0.144. The first-order valence-corrected chi connectivity index (χ1v) is 6.40. The summed E-state index contributed by atoms with van der Waals surface area (Å²) in [6, 6.07) is 3.69. The van der Waals surface area contributed by atoms with Gasteiger partial charge in [-0.05, 0) is 31.7 Å². The minimum absolute atomic E-state index is 0.192. The lowest BCUT2D eigenvalue weighted by Gasteiger charge is -2.16. The van der Waals surface area contributed by atoms with Crippen molar-refractivity contribution >= 4 is 17.6 Å². The molecule has 19 heavy (non-hydrogen) atoms. The topological polar surface area (TPSA) is 48.0 Å². The Morgan fingerprint density at radius 3 is 3.00 bits per heavy atom. The van der Waals surface area contributed by atoms with E-state index in [2.05, 4.69) is 0 Å². The number of benzene rings is 1. The number of rotatable bonds is 5. The maximum absolute atomic E-state index is 11.4. The van der Waals surface area contributed by atoms with Crippen LogP contribution in [0.1, 0.15) is 12.5 Å². The zero-order valence-electron chi connectivity index (χ0n) is 10.9. The highest BCUT2D eigenvalue weighted by Crippen LogP contribution is 2.39. The minimum Gasteiger partial charge on any atom is -0.465 e. The van der Waals surface area contributed by atoms with Gasteiger partial charge in [-0.25, -0.2) is 0 Å². The molecule has 2 rings (SSSR count). The highest BCUT2D eigenvalue weighted by Gasteiger charge is 2.19. The second kappa shape index (κ2) is 6.12. The van der Waals surface area contributed by atoms with Crippen molar-refractivity contribution in [2.75, 3.05) is 27.0 Å². The van der Waals surface area contributed by atoms with E-state index in [1.54, 1.807) is 6.92 Å². The van der Waals surface area contributed by atoms with E-state index in [1.165, 1.54) is 0 Å². The standard InChI is InChI=1S/C13H16ClNO4/c1-3-17-12(16)7-15(2)6-9-4-10(14)13-11(5-9)18-8-19-13/h4-5H,3,6-8H2,1-2H3. The fourth-order valence-electron chi connectivity index (χ4n) is 1.91. The molecule has 0 saturated heterocycles. The van der Waals surface area contributed by atoms with Gasteiger partial charge in [-0.1, -0.05) is 11.6 Å². The van der Waals surface area contributed by atoms with E-state index in [0.717, 1.165) is 5.56 Å². The maximum atomic E-state index is 11.4. The average Bonchev–Trinajstić information content (AvgIpc) is 2.77. The quantitative estimate of drug-likeness (QED) is 0.775. The van der Waals surface area contributed by atoms with Crippen molar-refractivity contribution in [3.8, 4) is 11.5 Å². The molecule has 0 bridgehead atoms. The molecule has 0 unspecified atom stereocenters. The summed E-state index contributed by atoms with van der Waals surface area (Å²) in [4.78, 5) is 13.2. The van der Waals surface area contributed by atoms with Gasteiger partial charge in [0.25, 0.3) is 0 Å². The second-order valence-electron chi connectivity index (χ2n) is 4.29. The first-order chi connectivity index (χ1) is 9.10. The van der Waals surface area contributed by atoms with E-state index in [0.29, 0.717) is 29.7 Å². The zero-order chi connectivity index (χ0) is 13.8. The zero-order valence-corrected chi connectivity index (χ0v) is 11.7. The van der Waals surface area contributed by atoms with Gasteiger partial charge in [0.15, 0.2) is 11.5 Å². The van der Waals surface area contributed by atoms with E-state index in [1.807, 2.05) is 24.1 Å². The highest BCUT2D eigenvalue weighted by molar-refractivity contribution is 6.32. The van der Waals surface area contributed by atoms with Gasteiger partial charge >= 0.3 is 5.97 Å². The van der Waals surface area contributed by atoms with E-state index < -0.39 is 0 Å². The van der Waals surface area contributed by atoms with Crippen molar-refractivity contribution in [3.05, 3.63) is 22.7 Å². The molecular weight excluding hydrogens is 270 g/mol. The van der Waals surface area contributed by atoms with Crippen molar-refractivity contribution in [2.24, 2.45) is 0 Å². The molecule has 6 heteroatoms. The lowest BCUT2D eigenvalue weighted by atomic mass is 10.2. The van der Waals surface area contributed by atoms with Gasteiger partial charge in [0, 0.05) is 6.54 Å². The molecule has 104 valence electrons. The molecule has 1 aromatic carbocycles. The van der Waals surface area contributed by atoms with Crippen LogP contribution >= 0.6 is 11.6 Å². The lowest BCUT2D eigenvalue weighted by Crippen LogP contribution is -2.27. The first-order valence-electron chi connectivity index (χ1n) is 6.02. The van der Waals surface area contributed by atoms with E-state index in [-0.39, 0.29) is 19.3 Å². The van der Waals surface area contributed by atoms with Crippen molar-refractivity contribution in [2.45, 2.75) is 13.5 Å². The van der Waals surface area contributed by atoms with Crippen LogP contribution < -0.4 is 9.47 Å². The Labute approximate surface area is 117 Å². The Morgan fingerprint density at radius 1 is 1.47 bits per heavy atom. The summed E-state index contributed by atoms with van der Waals surface area (Å²) in [6.07, 6.45) is 0. The molecule has 0 N–H and O–H groups in total. The normalized spacial score (nSPS) is 12.8. The summed E-state index contributed by atoms with van der Waals surface area (Å²) in [7, 11) is 1.84. The molecule has 0 aliphatic carbocycles. The molecule has 0 aromatic heterocycles. The minimum atomic E-state index is -0.239. The van der Waals surface area contributed by atoms with Gasteiger partial charge in [0.1, 0.15) is 0 Å². The van der Waals surface area contributed by atoms with Crippen molar-refractivity contribution in [1.29, 1.82) is 0 Å². The fraction of sp³-hybridized carbons (Fsp3) is 0.462. The number of halogens is 1. The van der Waals surface area contributed by atoms with Crippen LogP contribution in [-0.4, -0.2) is 37.9 Å². The van der Waals surface area contributed by atoms with Crippen LogP contribution in [0.4, 0.5) is 0 Å². The van der Waals surface area contributed by atoms with Crippen LogP contribution in [-0.2, 0) is 16.1 Å². The molecular formula is C13H16ClNO4. The van der Waals surface area contributed by atoms with Crippen LogP contribution in [0, 0.1) is 0 Å². The van der Waals surface area contributed by atoms with Gasteiger partial charge in [-0.3, -0.25) is 9.69 Å². The summed E-state index contributed by atoms with van der Waals surface area (Å²) in [5, 5.41) is 0.523. The molecule has 5 nitrogen and oxygen atoms in total. The van der Waals surface area contributed by atoms with E-state index in [4.69, 9.17) is 25.8 Å². The molecule has 1 aliphatic rings. The van der Waals surface area contributed by atoms with Crippen LogP contribution in [0.25, 0.3) is 0 Å². The number of hydrogen-bond acceptors (Lipinski definition) is 5. The van der Waals surface area contributed by atoms with Crippen molar-refractivity contribution in [3.63, 3.8) is 0 Å². The smallest absolute Gasteiger partial charge is 0.320 e. The van der Waals surface area contributed by atoms with Gasteiger partial charge in [0.2, 0.25) is 6.79 Å². The van der Waals surface area contributed by atoms with Crippen molar-refractivity contribution in [1.82, 2.24) is 4.90 Å². The number of likely N-dealkylation sites (N-methyl/N-ethyl adjacent to an activating group) is 1. The molecule has 1 aromatic rings. The molecule has 1 heterocycles. The van der Waals surface area contributed by atoms with Crippen LogP contribution in [0.3, 0.4) is 0 Å². The number of nitrogens with zero attached hydrogens (tertiary/aromatic N) is 1. The Balaban J connectivity index is 1.99. The Hall–Kier alpha value is -1.46. The number of fused-ring (bicyclic) bond motifs is 1. The molecule has 0 spiro atoms. The monoisotopic (exact) mass is 285 g/mol. The molecule has 0 radical (unpaired) electrons. The number of carbonyl (C=O) groups is 1. The largest absolute Gasteiger partial charge is 0.465 e. The summed E-state index contributed by atoms with van der Waals surface area (Å²) in [6.45, 7) is 3.18. The van der Waals surface area contributed by atoms with E-state index >= 15 is 0 Å². The fourth-order valence-corrected chi connectivity index (χ4v) is 2.19. The third kappa shape index (κ3) is 3.52. The third-order valence-electron chi connectivity index (χ3n) is 2.64. The van der Waals surface area contributed by atoms with E-state index in [9.17, 15) is 4.79 Å². The predicted octanol–water partition coefficient (Wildman–Crippen LogP) is 2.06. The number of carbonyl (C=O) groups excluding carboxylic acids is 1. The van der Waals surface area contributed by atoms with Crippen LogP contribution in [0.5, 0.6) is 11.5 Å². The highest BCUT2D eigenvalue weighted by atomic mass is 35.5. The van der Waals surface area contributed by atoms with Gasteiger partial charge in [-0.2, -0.15) is 0 Å². The number of esters is 1. The summed E-state index contributed by atoms with van der Waals surface area (Å²) in [5.41, 5.74) is 0.959.